The molecule has 21 heavy (non-hydrogen) atoms. The molecule has 2 rings (SSSR count). The van der Waals surface area contributed by atoms with E-state index in [-0.39, 0.29) is 11.7 Å². The van der Waals surface area contributed by atoms with Crippen molar-refractivity contribution in [3.63, 3.8) is 0 Å². The fourth-order valence-corrected chi connectivity index (χ4v) is 2.82. The van der Waals surface area contributed by atoms with Gasteiger partial charge in [-0.2, -0.15) is 0 Å². The van der Waals surface area contributed by atoms with Crippen molar-refractivity contribution in [3.05, 3.63) is 29.3 Å². The molecule has 1 heterocycles. The second-order valence-corrected chi connectivity index (χ2v) is 5.90. The molecule has 116 valence electrons. The Morgan fingerprint density at radius 1 is 1.43 bits per heavy atom. The summed E-state index contributed by atoms with van der Waals surface area (Å²) in [5, 5.41) is 13.3. The third-order valence-corrected chi connectivity index (χ3v) is 4.09. The van der Waals surface area contributed by atoms with Gasteiger partial charge in [0.05, 0.1) is 0 Å². The van der Waals surface area contributed by atoms with Crippen LogP contribution in [0, 0.1) is 6.92 Å². The Kier molecular flexibility index (Phi) is 5.62. The number of carbonyl (C=O) groups excluding carboxylic acids is 1. The lowest BCUT2D eigenvalue weighted by Crippen LogP contribution is -2.46. The van der Waals surface area contributed by atoms with Gasteiger partial charge < -0.3 is 15.3 Å². The zero-order valence-electron chi connectivity index (χ0n) is 13.1. The summed E-state index contributed by atoms with van der Waals surface area (Å²) in [6.45, 7) is 6.47. The van der Waals surface area contributed by atoms with Gasteiger partial charge >= 0.3 is 0 Å². The van der Waals surface area contributed by atoms with Crippen molar-refractivity contribution < 1.29 is 9.90 Å². The van der Waals surface area contributed by atoms with Crippen molar-refractivity contribution in [1.82, 2.24) is 10.2 Å². The molecule has 1 unspecified atom stereocenters. The van der Waals surface area contributed by atoms with Crippen LogP contribution in [0.15, 0.2) is 18.2 Å². The van der Waals surface area contributed by atoms with E-state index >= 15 is 0 Å². The normalized spacial score (nSPS) is 18.5. The van der Waals surface area contributed by atoms with Gasteiger partial charge in [-0.05, 0) is 50.4 Å². The maximum absolute atomic E-state index is 12.7. The number of aryl methyl sites for hydroxylation is 1. The zero-order valence-corrected chi connectivity index (χ0v) is 13.1. The average Bonchev–Trinajstić information content (AvgIpc) is 2.50. The summed E-state index contributed by atoms with van der Waals surface area (Å²) >= 11 is 0. The van der Waals surface area contributed by atoms with Crippen LogP contribution in [0.2, 0.25) is 0 Å². The highest BCUT2D eigenvalue weighted by Gasteiger charge is 2.21. The summed E-state index contributed by atoms with van der Waals surface area (Å²) in [4.78, 5) is 14.6. The first-order valence-corrected chi connectivity index (χ1v) is 7.94. The van der Waals surface area contributed by atoms with Crippen LogP contribution in [0.25, 0.3) is 0 Å². The summed E-state index contributed by atoms with van der Waals surface area (Å²) in [6, 6.07) is 5.57. The predicted molar refractivity (Wildman–Crippen MR) is 84.7 cm³/mol. The molecular weight excluding hydrogens is 264 g/mol. The van der Waals surface area contributed by atoms with E-state index in [2.05, 4.69) is 12.2 Å². The summed E-state index contributed by atoms with van der Waals surface area (Å²) in [5.74, 6) is 0.201. The summed E-state index contributed by atoms with van der Waals surface area (Å²) in [5.41, 5.74) is 1.37. The number of amides is 1. The maximum atomic E-state index is 12.7. The van der Waals surface area contributed by atoms with Gasteiger partial charge in [0.25, 0.3) is 5.91 Å². The van der Waals surface area contributed by atoms with Crippen LogP contribution in [0.1, 0.15) is 48.5 Å². The number of phenols is 1. The van der Waals surface area contributed by atoms with Crippen LogP contribution in [-0.4, -0.2) is 41.6 Å². The average molecular weight is 290 g/mol. The molecule has 2 N–H and O–H groups in total. The molecule has 1 aliphatic rings. The van der Waals surface area contributed by atoms with Gasteiger partial charge in [0.15, 0.2) is 0 Å². The van der Waals surface area contributed by atoms with E-state index in [1.165, 1.54) is 12.8 Å². The molecule has 4 heteroatoms. The van der Waals surface area contributed by atoms with Gasteiger partial charge in [-0.15, -0.1) is 0 Å². The van der Waals surface area contributed by atoms with Gasteiger partial charge in [0.1, 0.15) is 5.75 Å². The second kappa shape index (κ2) is 7.46. The number of phenolic OH excluding ortho intramolecular Hbond substituents is 1. The monoisotopic (exact) mass is 290 g/mol. The minimum atomic E-state index is 0.0134. The van der Waals surface area contributed by atoms with Crippen molar-refractivity contribution >= 4 is 5.91 Å². The van der Waals surface area contributed by atoms with Crippen molar-refractivity contribution in [2.75, 3.05) is 19.6 Å². The number of piperidine rings is 1. The highest BCUT2D eigenvalue weighted by atomic mass is 16.3. The molecular formula is C17H26N2O2. The maximum Gasteiger partial charge on any atom is 0.254 e. The third-order valence-electron chi connectivity index (χ3n) is 4.09. The molecule has 0 spiro atoms. The quantitative estimate of drug-likeness (QED) is 0.876. The smallest absolute Gasteiger partial charge is 0.254 e. The lowest BCUT2D eigenvalue weighted by molar-refractivity contribution is 0.0731. The van der Waals surface area contributed by atoms with Crippen molar-refractivity contribution in [1.29, 1.82) is 0 Å². The molecule has 1 aromatic rings. The Balaban J connectivity index is 2.08. The van der Waals surface area contributed by atoms with Crippen LogP contribution in [0.4, 0.5) is 0 Å². The molecule has 0 radical (unpaired) electrons. The molecule has 0 bridgehead atoms. The zero-order chi connectivity index (χ0) is 15.2. The number of hydrogen-bond donors (Lipinski definition) is 2. The Bertz CT molecular complexity index is 482. The number of hydrogen-bond acceptors (Lipinski definition) is 3. The molecule has 1 amide bonds. The first kappa shape index (κ1) is 15.8. The van der Waals surface area contributed by atoms with Crippen LogP contribution < -0.4 is 5.32 Å². The third kappa shape index (κ3) is 4.21. The summed E-state index contributed by atoms with van der Waals surface area (Å²) in [7, 11) is 0. The lowest BCUT2D eigenvalue weighted by atomic mass is 10.0. The van der Waals surface area contributed by atoms with Gasteiger partial charge in [-0.1, -0.05) is 19.4 Å². The summed E-state index contributed by atoms with van der Waals surface area (Å²) in [6.07, 6.45) is 4.53. The largest absolute Gasteiger partial charge is 0.508 e. The Hall–Kier alpha value is -1.55. The molecule has 1 atom stereocenters. The molecule has 1 aliphatic heterocycles. The minimum absolute atomic E-state index is 0.0134. The number of nitrogens with one attached hydrogen (secondary N) is 1. The molecule has 0 aliphatic carbocycles. The first-order valence-electron chi connectivity index (χ1n) is 7.94. The second-order valence-electron chi connectivity index (χ2n) is 5.90. The fourth-order valence-electron chi connectivity index (χ4n) is 2.82. The number of rotatable bonds is 5. The Morgan fingerprint density at radius 2 is 2.24 bits per heavy atom. The number of benzene rings is 1. The van der Waals surface area contributed by atoms with Gasteiger partial charge in [0, 0.05) is 24.7 Å². The van der Waals surface area contributed by atoms with Crippen LogP contribution in [0.3, 0.4) is 0 Å². The van der Waals surface area contributed by atoms with E-state index in [1.807, 2.05) is 11.8 Å². The molecule has 1 aromatic carbocycles. The Morgan fingerprint density at radius 3 is 2.86 bits per heavy atom. The topological polar surface area (TPSA) is 52.6 Å². The van der Waals surface area contributed by atoms with E-state index in [9.17, 15) is 9.90 Å². The van der Waals surface area contributed by atoms with Gasteiger partial charge in [-0.3, -0.25) is 4.79 Å². The van der Waals surface area contributed by atoms with Crippen molar-refractivity contribution in [2.45, 2.75) is 45.6 Å². The lowest BCUT2D eigenvalue weighted by Gasteiger charge is -2.30. The van der Waals surface area contributed by atoms with Crippen molar-refractivity contribution in [2.24, 2.45) is 0 Å². The standard InChI is InChI=1S/C17H26N2O2/c1-3-10-19(12-15-6-4-5-9-18-15)17(21)14-8-7-13(2)16(20)11-14/h7-8,11,15,18,20H,3-6,9-10,12H2,1-2H3. The van der Waals surface area contributed by atoms with Crippen LogP contribution >= 0.6 is 0 Å². The SMILES string of the molecule is CCCN(CC1CCCCN1)C(=O)c1ccc(C)c(O)c1. The fraction of sp³-hybridized carbons (Fsp3) is 0.588. The van der Waals surface area contributed by atoms with E-state index in [0.29, 0.717) is 11.6 Å². The summed E-state index contributed by atoms with van der Waals surface area (Å²) < 4.78 is 0. The molecule has 1 saturated heterocycles. The molecule has 1 fully saturated rings. The predicted octanol–water partition coefficient (Wildman–Crippen LogP) is 2.69. The van der Waals surface area contributed by atoms with E-state index in [0.717, 1.165) is 38.0 Å². The highest BCUT2D eigenvalue weighted by molar-refractivity contribution is 5.94. The van der Waals surface area contributed by atoms with E-state index in [1.54, 1.807) is 18.2 Å². The Labute approximate surface area is 127 Å². The molecule has 4 nitrogen and oxygen atoms in total. The molecule has 0 saturated carbocycles. The van der Waals surface area contributed by atoms with E-state index < -0.39 is 0 Å². The highest BCUT2D eigenvalue weighted by Crippen LogP contribution is 2.19. The van der Waals surface area contributed by atoms with Crippen molar-refractivity contribution in [3.8, 4) is 5.75 Å². The number of nitrogens with zero attached hydrogens (tertiary/aromatic N) is 1. The van der Waals surface area contributed by atoms with Gasteiger partial charge in [0.2, 0.25) is 0 Å². The molecule has 0 aromatic heterocycles. The van der Waals surface area contributed by atoms with Crippen LogP contribution in [-0.2, 0) is 0 Å². The first-order chi connectivity index (χ1) is 10.1. The minimum Gasteiger partial charge on any atom is -0.508 e. The van der Waals surface area contributed by atoms with Gasteiger partial charge in [-0.25, -0.2) is 0 Å². The number of carbonyl (C=O) groups is 1. The van der Waals surface area contributed by atoms with E-state index in [4.69, 9.17) is 0 Å². The van der Waals surface area contributed by atoms with Crippen LogP contribution in [0.5, 0.6) is 5.75 Å². The number of aromatic hydroxyl groups is 1.